The van der Waals surface area contributed by atoms with E-state index in [9.17, 15) is 0 Å². The second-order valence-electron chi connectivity index (χ2n) is 3.86. The molecule has 1 nitrogen and oxygen atoms in total. The van der Waals surface area contributed by atoms with Crippen LogP contribution in [-0.2, 0) is 0 Å². The molecule has 0 amide bonds. The van der Waals surface area contributed by atoms with Crippen LogP contribution in [0.1, 0.15) is 32.1 Å². The second-order valence-corrected chi connectivity index (χ2v) is 4.65. The van der Waals surface area contributed by atoms with E-state index in [-0.39, 0.29) is 0 Å². The fraction of sp³-hybridized carbons (Fsp3) is 1.00. The third-order valence-electron chi connectivity index (χ3n) is 3.37. The molecule has 2 saturated heterocycles. The van der Waals surface area contributed by atoms with Crippen molar-refractivity contribution in [2.75, 3.05) is 18.4 Å². The van der Waals surface area contributed by atoms with Crippen LogP contribution in [0, 0.1) is 0 Å². The molecule has 0 aliphatic carbocycles. The maximum absolute atomic E-state index is 3.56. The summed E-state index contributed by atoms with van der Waals surface area (Å²) in [5.74, 6) is 0. The van der Waals surface area contributed by atoms with Gasteiger partial charge < -0.3 is 0 Å². The third kappa shape index (κ3) is 1.25. The Hall–Kier alpha value is 0.440. The minimum absolute atomic E-state index is 0.642. The number of alkyl halides is 1. The molecule has 0 aromatic carbocycles. The molecule has 2 aliphatic heterocycles. The van der Waals surface area contributed by atoms with Gasteiger partial charge in [-0.2, -0.15) is 0 Å². The van der Waals surface area contributed by atoms with Crippen LogP contribution in [0.15, 0.2) is 0 Å². The molecule has 2 heterocycles. The first-order valence-corrected chi connectivity index (χ1v) is 5.81. The Labute approximate surface area is 77.3 Å². The number of hydrogen-bond donors (Lipinski definition) is 0. The highest BCUT2D eigenvalue weighted by Gasteiger charge is 2.42. The van der Waals surface area contributed by atoms with Crippen molar-refractivity contribution in [2.24, 2.45) is 0 Å². The van der Waals surface area contributed by atoms with Crippen molar-refractivity contribution in [1.29, 1.82) is 0 Å². The lowest BCUT2D eigenvalue weighted by Gasteiger charge is -2.31. The van der Waals surface area contributed by atoms with Gasteiger partial charge in [-0.05, 0) is 45.2 Å². The fourth-order valence-corrected chi connectivity index (χ4v) is 3.55. The molecular formula is C9H16BrN. The zero-order valence-corrected chi connectivity index (χ0v) is 8.57. The Morgan fingerprint density at radius 3 is 2.36 bits per heavy atom. The van der Waals surface area contributed by atoms with Gasteiger partial charge in [0.15, 0.2) is 0 Å². The summed E-state index contributed by atoms with van der Waals surface area (Å²) in [7, 11) is 0. The molecule has 0 saturated carbocycles. The van der Waals surface area contributed by atoms with E-state index in [1.807, 2.05) is 0 Å². The van der Waals surface area contributed by atoms with Gasteiger partial charge in [-0.3, -0.25) is 4.90 Å². The Bertz CT molecular complexity index is 136. The van der Waals surface area contributed by atoms with Gasteiger partial charge in [-0.15, -0.1) is 0 Å². The Balaban J connectivity index is 2.07. The molecule has 0 atom stereocenters. The lowest BCUT2D eigenvalue weighted by atomic mass is 9.91. The van der Waals surface area contributed by atoms with Crippen molar-refractivity contribution < 1.29 is 0 Å². The van der Waals surface area contributed by atoms with E-state index in [1.165, 1.54) is 50.5 Å². The molecule has 2 heteroatoms. The van der Waals surface area contributed by atoms with E-state index in [1.54, 1.807) is 0 Å². The highest BCUT2D eigenvalue weighted by atomic mass is 79.9. The summed E-state index contributed by atoms with van der Waals surface area (Å²) in [6.45, 7) is 2.74. The Morgan fingerprint density at radius 1 is 1.18 bits per heavy atom. The number of halogens is 1. The van der Waals surface area contributed by atoms with E-state index in [4.69, 9.17) is 0 Å². The molecule has 0 bridgehead atoms. The molecule has 0 N–H and O–H groups in total. The number of rotatable bonds is 2. The lowest BCUT2D eigenvalue weighted by Crippen LogP contribution is -2.38. The third-order valence-corrected chi connectivity index (χ3v) is 3.77. The van der Waals surface area contributed by atoms with Gasteiger partial charge >= 0.3 is 0 Å². The average molecular weight is 218 g/mol. The maximum atomic E-state index is 3.56. The fourth-order valence-electron chi connectivity index (χ4n) is 2.81. The first-order valence-electron chi connectivity index (χ1n) is 4.68. The second kappa shape index (κ2) is 3.06. The largest absolute Gasteiger partial charge is 0.298 e. The Morgan fingerprint density at radius 2 is 1.82 bits per heavy atom. The zero-order chi connectivity index (χ0) is 7.73. The van der Waals surface area contributed by atoms with E-state index < -0.39 is 0 Å². The maximum Gasteiger partial charge on any atom is 0.0218 e. The van der Waals surface area contributed by atoms with Crippen LogP contribution in [0.4, 0.5) is 0 Å². The van der Waals surface area contributed by atoms with Gasteiger partial charge in [0.25, 0.3) is 0 Å². The summed E-state index contributed by atoms with van der Waals surface area (Å²) >= 11 is 3.56. The number of hydrogen-bond acceptors (Lipinski definition) is 1. The highest BCUT2D eigenvalue weighted by molar-refractivity contribution is 9.09. The van der Waals surface area contributed by atoms with Gasteiger partial charge in [-0.1, -0.05) is 15.9 Å². The quantitative estimate of drug-likeness (QED) is 0.643. The normalized spacial score (nSPS) is 29.2. The molecule has 64 valence electrons. The van der Waals surface area contributed by atoms with Crippen molar-refractivity contribution in [3.63, 3.8) is 0 Å². The van der Waals surface area contributed by atoms with Crippen LogP contribution in [0.25, 0.3) is 0 Å². The van der Waals surface area contributed by atoms with Crippen LogP contribution < -0.4 is 0 Å². The molecule has 11 heavy (non-hydrogen) atoms. The van der Waals surface area contributed by atoms with Crippen molar-refractivity contribution in [3.05, 3.63) is 0 Å². The molecule has 0 radical (unpaired) electrons. The average Bonchev–Trinajstić information content (AvgIpc) is 2.45. The van der Waals surface area contributed by atoms with Crippen LogP contribution in [-0.4, -0.2) is 28.9 Å². The van der Waals surface area contributed by atoms with Gasteiger partial charge in [0.1, 0.15) is 0 Å². The predicted octanol–water partition coefficient (Wildman–Crippen LogP) is 2.40. The van der Waals surface area contributed by atoms with Gasteiger partial charge in [-0.25, -0.2) is 0 Å². The summed E-state index contributed by atoms with van der Waals surface area (Å²) in [6.07, 6.45) is 7.16. The molecule has 0 aromatic heterocycles. The van der Waals surface area contributed by atoms with E-state index in [0.29, 0.717) is 5.54 Å². The smallest absolute Gasteiger partial charge is 0.0218 e. The monoisotopic (exact) mass is 217 g/mol. The van der Waals surface area contributed by atoms with Gasteiger partial charge in [0, 0.05) is 10.9 Å². The van der Waals surface area contributed by atoms with E-state index in [0.717, 1.165) is 0 Å². The summed E-state index contributed by atoms with van der Waals surface area (Å²) < 4.78 is 0. The molecule has 2 fully saturated rings. The van der Waals surface area contributed by atoms with Crippen LogP contribution in [0.3, 0.4) is 0 Å². The molecule has 0 spiro atoms. The van der Waals surface area contributed by atoms with Gasteiger partial charge in [0.2, 0.25) is 0 Å². The van der Waals surface area contributed by atoms with Crippen molar-refractivity contribution in [3.8, 4) is 0 Å². The molecule has 2 aliphatic rings. The number of fused-ring (bicyclic) bond motifs is 1. The van der Waals surface area contributed by atoms with Crippen LogP contribution in [0.5, 0.6) is 0 Å². The topological polar surface area (TPSA) is 3.24 Å². The number of nitrogens with zero attached hydrogens (tertiary/aromatic N) is 1. The predicted molar refractivity (Wildman–Crippen MR) is 51.2 cm³/mol. The zero-order valence-electron chi connectivity index (χ0n) is 6.98. The standard InChI is InChI=1S/C9H16BrN/c10-6-5-9-3-1-7-11(9)8-2-4-9/h1-8H2. The van der Waals surface area contributed by atoms with E-state index in [2.05, 4.69) is 20.8 Å². The van der Waals surface area contributed by atoms with E-state index >= 15 is 0 Å². The van der Waals surface area contributed by atoms with Crippen molar-refractivity contribution in [2.45, 2.75) is 37.6 Å². The van der Waals surface area contributed by atoms with Crippen molar-refractivity contribution in [1.82, 2.24) is 4.90 Å². The molecular weight excluding hydrogens is 202 g/mol. The molecule has 0 unspecified atom stereocenters. The first kappa shape index (κ1) is 8.06. The minimum Gasteiger partial charge on any atom is -0.298 e. The lowest BCUT2D eigenvalue weighted by molar-refractivity contribution is 0.191. The molecule has 2 rings (SSSR count). The summed E-state index contributed by atoms with van der Waals surface area (Å²) in [4.78, 5) is 2.72. The van der Waals surface area contributed by atoms with Crippen molar-refractivity contribution >= 4 is 15.9 Å². The Kier molecular flexibility index (Phi) is 2.24. The van der Waals surface area contributed by atoms with Crippen LogP contribution in [0.2, 0.25) is 0 Å². The minimum atomic E-state index is 0.642. The van der Waals surface area contributed by atoms with Crippen LogP contribution >= 0.6 is 15.9 Å². The molecule has 0 aromatic rings. The van der Waals surface area contributed by atoms with Gasteiger partial charge in [0.05, 0.1) is 0 Å². The summed E-state index contributed by atoms with van der Waals surface area (Å²) in [6, 6.07) is 0. The highest BCUT2D eigenvalue weighted by Crippen LogP contribution is 2.41. The summed E-state index contributed by atoms with van der Waals surface area (Å²) in [5, 5.41) is 1.18. The first-order chi connectivity index (χ1) is 5.37. The summed E-state index contributed by atoms with van der Waals surface area (Å²) in [5.41, 5.74) is 0.642. The SMILES string of the molecule is BrCCC12CCCN1CCC2.